The molecule has 1 aliphatic rings. The van der Waals surface area contributed by atoms with Crippen LogP contribution in [-0.4, -0.2) is 47.3 Å². The predicted octanol–water partition coefficient (Wildman–Crippen LogP) is 3.77. The minimum Gasteiger partial charge on any atom is -0.409 e. The number of rotatable bonds is 8. The van der Waals surface area contributed by atoms with Gasteiger partial charge in [0.1, 0.15) is 5.82 Å². The highest BCUT2D eigenvalue weighted by Gasteiger charge is 2.26. The Kier molecular flexibility index (Phi) is 7.64. The Balaban J connectivity index is 1.57. The number of aromatic nitrogens is 2. The van der Waals surface area contributed by atoms with Crippen molar-refractivity contribution >= 4 is 43.1 Å². The van der Waals surface area contributed by atoms with Gasteiger partial charge in [0, 0.05) is 12.2 Å². The highest BCUT2D eigenvalue weighted by Crippen LogP contribution is 2.25. The minimum absolute atomic E-state index is 0.0629. The van der Waals surface area contributed by atoms with Crippen molar-refractivity contribution in [3.63, 3.8) is 0 Å². The summed E-state index contributed by atoms with van der Waals surface area (Å²) in [6, 6.07) is 4.17. The molecular formula is C18H23BrFN5O4S. The fourth-order valence-corrected chi connectivity index (χ4v) is 5.68. The first-order chi connectivity index (χ1) is 14.4. The number of oxime groups is 1. The number of nitrogens with one attached hydrogen (secondary N) is 2. The molecule has 1 aromatic carbocycles. The van der Waals surface area contributed by atoms with Gasteiger partial charge in [-0.2, -0.15) is 0 Å². The van der Waals surface area contributed by atoms with E-state index in [4.69, 9.17) is 4.63 Å². The molecule has 1 heterocycles. The second-order valence-electron chi connectivity index (χ2n) is 7.07. The van der Waals surface area contributed by atoms with E-state index in [0.29, 0.717) is 18.7 Å². The maximum atomic E-state index is 13.4. The van der Waals surface area contributed by atoms with Crippen molar-refractivity contribution in [2.45, 2.75) is 43.8 Å². The van der Waals surface area contributed by atoms with Gasteiger partial charge in [-0.3, -0.25) is 0 Å². The van der Waals surface area contributed by atoms with E-state index in [1.165, 1.54) is 18.2 Å². The van der Waals surface area contributed by atoms with Crippen LogP contribution in [0.15, 0.2) is 32.5 Å². The van der Waals surface area contributed by atoms with Crippen LogP contribution >= 0.6 is 15.9 Å². The first-order valence-corrected chi connectivity index (χ1v) is 12.1. The van der Waals surface area contributed by atoms with E-state index >= 15 is 0 Å². The molecule has 0 bridgehead atoms. The first kappa shape index (κ1) is 22.5. The molecule has 0 saturated heterocycles. The summed E-state index contributed by atoms with van der Waals surface area (Å²) < 4.78 is 43.3. The molecule has 1 saturated carbocycles. The lowest BCUT2D eigenvalue weighted by Crippen LogP contribution is -2.27. The smallest absolute Gasteiger partial charge is 0.203 e. The number of benzene rings is 1. The Hall–Kier alpha value is -2.21. The Morgan fingerprint density at radius 2 is 2.07 bits per heavy atom. The quantitative estimate of drug-likeness (QED) is 0.163. The van der Waals surface area contributed by atoms with Crippen LogP contribution in [0.1, 0.15) is 44.2 Å². The van der Waals surface area contributed by atoms with Crippen LogP contribution in [0.25, 0.3) is 0 Å². The van der Waals surface area contributed by atoms with Crippen molar-refractivity contribution in [2.24, 2.45) is 5.16 Å². The van der Waals surface area contributed by atoms with Gasteiger partial charge in [0.2, 0.25) is 11.7 Å². The van der Waals surface area contributed by atoms with Crippen molar-refractivity contribution in [1.82, 2.24) is 10.3 Å². The van der Waals surface area contributed by atoms with Crippen molar-refractivity contribution in [1.29, 1.82) is 0 Å². The van der Waals surface area contributed by atoms with E-state index in [0.717, 1.165) is 32.1 Å². The average Bonchev–Trinajstić information content (AvgIpc) is 3.21. The molecule has 3 N–H and O–H groups in total. The van der Waals surface area contributed by atoms with E-state index in [9.17, 15) is 18.0 Å². The Bertz CT molecular complexity index is 992. The summed E-state index contributed by atoms with van der Waals surface area (Å²) in [5.74, 6) is -0.205. The molecule has 2 aromatic rings. The molecule has 164 valence electrons. The molecule has 1 fully saturated rings. The van der Waals surface area contributed by atoms with Gasteiger partial charge in [0.25, 0.3) is 0 Å². The molecule has 1 aromatic heterocycles. The topological polar surface area (TPSA) is 130 Å². The monoisotopic (exact) mass is 503 g/mol. The highest BCUT2D eigenvalue weighted by molar-refractivity contribution is 9.10. The molecule has 0 radical (unpaired) electrons. The molecule has 0 amide bonds. The molecule has 0 atom stereocenters. The lowest BCUT2D eigenvalue weighted by molar-refractivity contribution is 0.305. The molecule has 0 aliphatic heterocycles. The Labute approximate surface area is 182 Å². The summed E-state index contributed by atoms with van der Waals surface area (Å²) in [4.78, 5) is 0. The van der Waals surface area contributed by atoms with Gasteiger partial charge in [0.05, 0.1) is 15.5 Å². The number of hydrogen-bond acceptors (Lipinski definition) is 8. The summed E-state index contributed by atoms with van der Waals surface area (Å²) in [6.07, 6.45) is 4.93. The molecule has 0 spiro atoms. The minimum atomic E-state index is -3.11. The summed E-state index contributed by atoms with van der Waals surface area (Å²) in [6.45, 7) is 0.327. The second kappa shape index (κ2) is 10.2. The van der Waals surface area contributed by atoms with Gasteiger partial charge in [-0.1, -0.05) is 24.4 Å². The highest BCUT2D eigenvalue weighted by atomic mass is 79.9. The van der Waals surface area contributed by atoms with Gasteiger partial charge in [0.15, 0.2) is 15.5 Å². The van der Waals surface area contributed by atoms with Crippen LogP contribution in [0.3, 0.4) is 0 Å². The number of anilines is 2. The summed E-state index contributed by atoms with van der Waals surface area (Å²) in [5.41, 5.74) is 0.552. The third-order valence-electron chi connectivity index (χ3n) is 4.95. The predicted molar refractivity (Wildman–Crippen MR) is 114 cm³/mol. The Morgan fingerprint density at radius 1 is 1.30 bits per heavy atom. The molecule has 1 aliphatic carbocycles. The van der Waals surface area contributed by atoms with Crippen LogP contribution in [0, 0.1) is 5.82 Å². The largest absolute Gasteiger partial charge is 0.409 e. The lowest BCUT2D eigenvalue weighted by atomic mass is 10.0. The van der Waals surface area contributed by atoms with Crippen molar-refractivity contribution in [3.8, 4) is 0 Å². The summed E-state index contributed by atoms with van der Waals surface area (Å²) >= 11 is 3.08. The molecule has 30 heavy (non-hydrogen) atoms. The van der Waals surface area contributed by atoms with E-state index in [1.54, 1.807) is 0 Å². The van der Waals surface area contributed by atoms with E-state index in [1.807, 2.05) is 0 Å². The molecule has 9 nitrogen and oxygen atoms in total. The van der Waals surface area contributed by atoms with Crippen LogP contribution in [0.5, 0.6) is 0 Å². The molecular weight excluding hydrogens is 481 g/mol. The summed E-state index contributed by atoms with van der Waals surface area (Å²) in [7, 11) is -3.11. The zero-order valence-corrected chi connectivity index (χ0v) is 18.5. The van der Waals surface area contributed by atoms with Gasteiger partial charge in [-0.15, -0.1) is 0 Å². The van der Waals surface area contributed by atoms with E-state index in [2.05, 4.69) is 42.0 Å². The SMILES string of the molecule is O=S(=O)(CCCNc1nonc1C(=NO)Nc1ccc(F)c(Br)c1)C1CCCCC1. The maximum Gasteiger partial charge on any atom is 0.203 e. The number of halogens is 2. The van der Waals surface area contributed by atoms with Crippen LogP contribution in [0.2, 0.25) is 0 Å². The summed E-state index contributed by atoms with van der Waals surface area (Å²) in [5, 5.41) is 25.5. The molecule has 3 rings (SSSR count). The second-order valence-corrected chi connectivity index (χ2v) is 10.3. The normalized spacial score (nSPS) is 15.9. The Morgan fingerprint density at radius 3 is 2.77 bits per heavy atom. The van der Waals surface area contributed by atoms with Crippen molar-refractivity contribution < 1.29 is 22.6 Å². The van der Waals surface area contributed by atoms with Crippen LogP contribution in [-0.2, 0) is 9.84 Å². The first-order valence-electron chi connectivity index (χ1n) is 9.63. The zero-order valence-electron chi connectivity index (χ0n) is 16.1. The zero-order chi connectivity index (χ0) is 21.6. The van der Waals surface area contributed by atoms with E-state index < -0.39 is 15.7 Å². The van der Waals surface area contributed by atoms with Gasteiger partial charge in [-0.05, 0) is 63.7 Å². The number of amidine groups is 1. The van der Waals surface area contributed by atoms with Crippen LogP contribution in [0.4, 0.5) is 15.9 Å². The molecule has 12 heteroatoms. The molecule has 0 unspecified atom stereocenters. The number of sulfone groups is 1. The van der Waals surface area contributed by atoms with E-state index in [-0.39, 0.29) is 32.8 Å². The number of nitrogens with zero attached hydrogens (tertiary/aromatic N) is 3. The fraction of sp³-hybridized carbons (Fsp3) is 0.500. The van der Waals surface area contributed by atoms with Gasteiger partial charge >= 0.3 is 0 Å². The van der Waals surface area contributed by atoms with Crippen molar-refractivity contribution in [2.75, 3.05) is 22.9 Å². The van der Waals surface area contributed by atoms with Gasteiger partial charge < -0.3 is 15.8 Å². The van der Waals surface area contributed by atoms with Gasteiger partial charge in [-0.25, -0.2) is 17.4 Å². The van der Waals surface area contributed by atoms with Crippen molar-refractivity contribution in [3.05, 3.63) is 34.2 Å². The lowest BCUT2D eigenvalue weighted by Gasteiger charge is -2.21. The standard InChI is InChI=1S/C18H23BrFN5O4S/c19-14-11-12(7-8-15(14)20)22-18(23-26)16-17(25-29-24-16)21-9-4-10-30(27,28)13-5-2-1-3-6-13/h7-8,11,13,26H,1-6,9-10H2,(H,21,25)(H,22,23). The third kappa shape index (κ3) is 5.69. The van der Waals surface area contributed by atoms with Crippen LogP contribution < -0.4 is 10.6 Å². The maximum absolute atomic E-state index is 13.4. The fourth-order valence-electron chi connectivity index (χ4n) is 3.37. The average molecular weight is 504 g/mol. The number of hydrogen-bond donors (Lipinski definition) is 3. The third-order valence-corrected chi connectivity index (χ3v) is 7.91.